The van der Waals surface area contributed by atoms with Crippen molar-refractivity contribution >= 4 is 27.4 Å². The number of aromatic nitrogens is 1. The Hall–Kier alpha value is -2.55. The molecule has 1 aliphatic heterocycles. The Labute approximate surface area is 146 Å². The van der Waals surface area contributed by atoms with Crippen molar-refractivity contribution < 1.29 is 17.7 Å². The highest BCUT2D eigenvalue weighted by molar-refractivity contribution is 7.93. The number of nitrogens with zero attached hydrogens (tertiary/aromatic N) is 3. The van der Waals surface area contributed by atoms with Crippen LogP contribution in [-0.2, 0) is 16.6 Å². The van der Waals surface area contributed by atoms with Gasteiger partial charge < -0.3 is 14.7 Å². The van der Waals surface area contributed by atoms with Crippen molar-refractivity contribution in [1.29, 1.82) is 0 Å². The molecular formula is C16H20N4O4S. The summed E-state index contributed by atoms with van der Waals surface area (Å²) in [5.74, 6) is 0.840. The third kappa shape index (κ3) is 3.93. The molecule has 2 heterocycles. The van der Waals surface area contributed by atoms with Crippen molar-refractivity contribution in [3.8, 4) is 0 Å². The second-order valence-corrected chi connectivity index (χ2v) is 8.02. The van der Waals surface area contributed by atoms with Crippen LogP contribution in [0.5, 0.6) is 0 Å². The minimum absolute atomic E-state index is 0.156. The van der Waals surface area contributed by atoms with Gasteiger partial charge in [-0.15, -0.1) is 0 Å². The molecule has 0 bridgehead atoms. The van der Waals surface area contributed by atoms with E-state index >= 15 is 0 Å². The SMILES string of the molecule is Cc1cc(CN(C)C(=O)Nc2cccc(N3CCCS3(=O)=O)c2)no1. The van der Waals surface area contributed by atoms with Crippen molar-refractivity contribution in [2.24, 2.45) is 0 Å². The van der Waals surface area contributed by atoms with E-state index < -0.39 is 10.0 Å². The average molecular weight is 364 g/mol. The molecule has 1 aliphatic rings. The van der Waals surface area contributed by atoms with Gasteiger partial charge in [-0.2, -0.15) is 0 Å². The Morgan fingerprint density at radius 2 is 2.20 bits per heavy atom. The summed E-state index contributed by atoms with van der Waals surface area (Å²) in [6, 6.07) is 8.28. The van der Waals surface area contributed by atoms with E-state index in [1.54, 1.807) is 44.3 Å². The van der Waals surface area contributed by atoms with E-state index in [4.69, 9.17) is 4.52 Å². The van der Waals surface area contributed by atoms with Crippen molar-refractivity contribution in [2.45, 2.75) is 19.9 Å². The Balaban J connectivity index is 1.68. The normalized spacial score (nSPS) is 16.0. The Bertz CT molecular complexity index is 878. The van der Waals surface area contributed by atoms with E-state index in [1.165, 1.54) is 9.21 Å². The number of aryl methyl sites for hydroxylation is 1. The van der Waals surface area contributed by atoms with Gasteiger partial charge in [-0.3, -0.25) is 4.31 Å². The fraction of sp³-hybridized carbons (Fsp3) is 0.375. The molecule has 0 aliphatic carbocycles. The molecule has 25 heavy (non-hydrogen) atoms. The van der Waals surface area contributed by atoms with Crippen molar-refractivity contribution in [3.05, 3.63) is 41.8 Å². The minimum atomic E-state index is -3.25. The summed E-state index contributed by atoms with van der Waals surface area (Å²) >= 11 is 0. The van der Waals surface area contributed by atoms with Crippen LogP contribution in [0.2, 0.25) is 0 Å². The summed E-state index contributed by atoms with van der Waals surface area (Å²) in [4.78, 5) is 13.8. The number of sulfonamides is 1. The number of benzene rings is 1. The molecule has 1 N–H and O–H groups in total. The van der Waals surface area contributed by atoms with Gasteiger partial charge in [-0.05, 0) is 31.5 Å². The van der Waals surface area contributed by atoms with Crippen LogP contribution in [0.15, 0.2) is 34.9 Å². The van der Waals surface area contributed by atoms with E-state index in [9.17, 15) is 13.2 Å². The fourth-order valence-corrected chi connectivity index (χ4v) is 4.25. The van der Waals surface area contributed by atoms with Gasteiger partial charge in [0.05, 0.1) is 18.0 Å². The highest BCUT2D eigenvalue weighted by Crippen LogP contribution is 2.26. The largest absolute Gasteiger partial charge is 0.361 e. The third-order valence-electron chi connectivity index (χ3n) is 3.91. The molecule has 134 valence electrons. The highest BCUT2D eigenvalue weighted by Gasteiger charge is 2.28. The molecule has 1 fully saturated rings. The van der Waals surface area contributed by atoms with E-state index in [2.05, 4.69) is 10.5 Å². The number of carbonyl (C=O) groups excluding carboxylic acids is 1. The van der Waals surface area contributed by atoms with Crippen LogP contribution in [0.3, 0.4) is 0 Å². The molecule has 0 atom stereocenters. The van der Waals surface area contributed by atoms with Crippen LogP contribution in [0, 0.1) is 6.92 Å². The summed E-state index contributed by atoms with van der Waals surface area (Å²) in [5.41, 5.74) is 1.75. The number of hydrogen-bond donors (Lipinski definition) is 1. The smallest absolute Gasteiger partial charge is 0.321 e. The first-order valence-electron chi connectivity index (χ1n) is 7.90. The number of carbonyl (C=O) groups is 1. The zero-order valence-corrected chi connectivity index (χ0v) is 14.9. The Kier molecular flexibility index (Phi) is 4.67. The predicted molar refractivity (Wildman–Crippen MR) is 93.9 cm³/mol. The lowest BCUT2D eigenvalue weighted by atomic mass is 10.2. The summed E-state index contributed by atoms with van der Waals surface area (Å²) in [7, 11) is -1.60. The lowest BCUT2D eigenvalue weighted by Crippen LogP contribution is -2.31. The topological polar surface area (TPSA) is 95.8 Å². The van der Waals surface area contributed by atoms with Crippen LogP contribution in [0.1, 0.15) is 17.9 Å². The number of nitrogens with one attached hydrogen (secondary N) is 1. The molecular weight excluding hydrogens is 344 g/mol. The zero-order valence-electron chi connectivity index (χ0n) is 14.1. The van der Waals surface area contributed by atoms with Gasteiger partial charge >= 0.3 is 6.03 Å². The fourth-order valence-electron chi connectivity index (χ4n) is 2.69. The Morgan fingerprint density at radius 3 is 2.84 bits per heavy atom. The van der Waals surface area contributed by atoms with Crippen molar-refractivity contribution in [3.63, 3.8) is 0 Å². The maximum Gasteiger partial charge on any atom is 0.321 e. The number of hydrogen-bond acceptors (Lipinski definition) is 5. The molecule has 2 aromatic rings. The quantitative estimate of drug-likeness (QED) is 0.897. The molecule has 0 unspecified atom stereocenters. The van der Waals surface area contributed by atoms with Crippen LogP contribution in [0.25, 0.3) is 0 Å². The van der Waals surface area contributed by atoms with Gasteiger partial charge in [0, 0.05) is 25.3 Å². The van der Waals surface area contributed by atoms with Crippen LogP contribution < -0.4 is 9.62 Å². The number of amides is 2. The summed E-state index contributed by atoms with van der Waals surface area (Å²) in [5, 5.41) is 6.62. The van der Waals surface area contributed by atoms with E-state index in [-0.39, 0.29) is 11.8 Å². The molecule has 1 aromatic heterocycles. The average Bonchev–Trinajstić information content (AvgIpc) is 3.12. The summed E-state index contributed by atoms with van der Waals surface area (Å²) in [6.45, 7) is 2.56. The van der Waals surface area contributed by atoms with Crippen molar-refractivity contribution in [2.75, 3.05) is 29.0 Å². The molecule has 2 amide bonds. The van der Waals surface area contributed by atoms with Gasteiger partial charge in [0.25, 0.3) is 0 Å². The predicted octanol–water partition coefficient (Wildman–Crippen LogP) is 2.19. The minimum Gasteiger partial charge on any atom is -0.361 e. The maximum absolute atomic E-state index is 12.3. The van der Waals surface area contributed by atoms with Gasteiger partial charge in [0.1, 0.15) is 11.5 Å². The zero-order chi connectivity index (χ0) is 18.0. The molecule has 3 rings (SSSR count). The second-order valence-electron chi connectivity index (χ2n) is 6.01. The third-order valence-corrected chi connectivity index (χ3v) is 5.78. The van der Waals surface area contributed by atoms with Crippen LogP contribution >= 0.6 is 0 Å². The first-order valence-corrected chi connectivity index (χ1v) is 9.51. The lowest BCUT2D eigenvalue weighted by Gasteiger charge is -2.19. The second kappa shape index (κ2) is 6.75. The molecule has 1 saturated heterocycles. The molecule has 8 nitrogen and oxygen atoms in total. The van der Waals surface area contributed by atoms with Gasteiger partial charge in [-0.1, -0.05) is 11.2 Å². The van der Waals surface area contributed by atoms with Gasteiger partial charge in [-0.25, -0.2) is 13.2 Å². The highest BCUT2D eigenvalue weighted by atomic mass is 32.2. The van der Waals surface area contributed by atoms with Crippen molar-refractivity contribution in [1.82, 2.24) is 10.1 Å². The van der Waals surface area contributed by atoms with Gasteiger partial charge in [0.2, 0.25) is 10.0 Å². The summed E-state index contributed by atoms with van der Waals surface area (Å²) in [6.07, 6.45) is 0.610. The molecule has 0 saturated carbocycles. The molecule has 0 radical (unpaired) electrons. The molecule has 0 spiro atoms. The number of rotatable bonds is 4. The van der Waals surface area contributed by atoms with E-state index in [1.807, 2.05) is 0 Å². The van der Waals surface area contributed by atoms with Gasteiger partial charge in [0.15, 0.2) is 0 Å². The maximum atomic E-state index is 12.3. The molecule has 9 heteroatoms. The standard InChI is InChI=1S/C16H20N4O4S/c1-12-9-14(18-24-12)11-19(2)16(21)17-13-5-3-6-15(10-13)20-7-4-8-25(20,22)23/h3,5-6,9-10H,4,7-8,11H2,1-2H3,(H,17,21). The lowest BCUT2D eigenvalue weighted by molar-refractivity contribution is 0.219. The summed E-state index contributed by atoms with van der Waals surface area (Å²) < 4.78 is 30.4. The molecule has 1 aromatic carbocycles. The van der Waals surface area contributed by atoms with Crippen LogP contribution in [0.4, 0.5) is 16.2 Å². The Morgan fingerprint density at radius 1 is 1.40 bits per heavy atom. The van der Waals surface area contributed by atoms with Crippen LogP contribution in [-0.4, -0.2) is 43.9 Å². The number of urea groups is 1. The van der Waals surface area contributed by atoms with E-state index in [0.717, 1.165) is 0 Å². The number of anilines is 2. The van der Waals surface area contributed by atoms with E-state index in [0.29, 0.717) is 42.3 Å². The first-order chi connectivity index (χ1) is 11.8. The monoisotopic (exact) mass is 364 g/mol. The first kappa shape index (κ1) is 17.3.